The minimum atomic E-state index is -0.629. The summed E-state index contributed by atoms with van der Waals surface area (Å²) in [6, 6.07) is 5.82. The van der Waals surface area contributed by atoms with E-state index in [9.17, 15) is 19.7 Å². The molecule has 29 heavy (non-hydrogen) atoms. The minimum absolute atomic E-state index is 0.0215. The summed E-state index contributed by atoms with van der Waals surface area (Å²) < 4.78 is 14.8. The van der Waals surface area contributed by atoms with Crippen LogP contribution in [0.4, 0.5) is 5.69 Å². The standard InChI is InChI=1S/C19H21N3O7/c1-27-11-3-10-21(12-17-20-16(13-29-17)19(24)28-2)18(23)9-6-14-4-7-15(8-5-14)22(25)26/h4-9,13H,3,10-12H2,1-2H3/b9-6+. The van der Waals surface area contributed by atoms with E-state index in [-0.39, 0.29) is 29.7 Å². The second-order valence-electron chi connectivity index (χ2n) is 5.91. The summed E-state index contributed by atoms with van der Waals surface area (Å²) in [4.78, 5) is 39.8. The van der Waals surface area contributed by atoms with Crippen molar-refractivity contribution in [3.05, 3.63) is 63.9 Å². The van der Waals surface area contributed by atoms with E-state index < -0.39 is 10.9 Å². The van der Waals surface area contributed by atoms with Crippen molar-refractivity contribution < 1.29 is 28.4 Å². The number of oxazole rings is 1. The molecule has 0 saturated heterocycles. The van der Waals surface area contributed by atoms with Gasteiger partial charge in [0.1, 0.15) is 6.26 Å². The molecule has 0 saturated carbocycles. The molecule has 10 nitrogen and oxygen atoms in total. The van der Waals surface area contributed by atoms with E-state index in [1.807, 2.05) is 0 Å². The molecular formula is C19H21N3O7. The van der Waals surface area contributed by atoms with Gasteiger partial charge in [-0.15, -0.1) is 0 Å². The van der Waals surface area contributed by atoms with Crippen LogP contribution < -0.4 is 0 Å². The van der Waals surface area contributed by atoms with Crippen molar-refractivity contribution in [2.24, 2.45) is 0 Å². The van der Waals surface area contributed by atoms with Crippen molar-refractivity contribution in [3.63, 3.8) is 0 Å². The van der Waals surface area contributed by atoms with Crippen molar-refractivity contribution in [2.75, 3.05) is 27.4 Å². The van der Waals surface area contributed by atoms with Crippen molar-refractivity contribution >= 4 is 23.6 Å². The van der Waals surface area contributed by atoms with Crippen LogP contribution >= 0.6 is 0 Å². The number of non-ortho nitro benzene ring substituents is 1. The fraction of sp³-hybridized carbons (Fsp3) is 0.316. The SMILES string of the molecule is COCCCN(Cc1nc(C(=O)OC)co1)C(=O)/C=C/c1ccc([N+](=O)[O-])cc1. The van der Waals surface area contributed by atoms with Crippen LogP contribution in [0.5, 0.6) is 0 Å². The highest BCUT2D eigenvalue weighted by Gasteiger charge is 2.17. The number of nitro benzene ring substituents is 1. The summed E-state index contributed by atoms with van der Waals surface area (Å²) in [7, 11) is 2.80. The van der Waals surface area contributed by atoms with Crippen LogP contribution in [0.2, 0.25) is 0 Å². The molecule has 0 aliphatic heterocycles. The Balaban J connectivity index is 2.08. The van der Waals surface area contributed by atoms with Gasteiger partial charge in [0.05, 0.1) is 18.6 Å². The van der Waals surface area contributed by atoms with Crippen LogP contribution in [0.3, 0.4) is 0 Å². The van der Waals surface area contributed by atoms with Gasteiger partial charge in [-0.1, -0.05) is 0 Å². The maximum Gasteiger partial charge on any atom is 0.360 e. The quantitative estimate of drug-likeness (QED) is 0.195. The van der Waals surface area contributed by atoms with E-state index in [0.717, 1.165) is 0 Å². The molecule has 0 bridgehead atoms. The molecule has 1 heterocycles. The molecule has 154 valence electrons. The normalized spacial score (nSPS) is 10.8. The van der Waals surface area contributed by atoms with E-state index in [2.05, 4.69) is 9.72 Å². The van der Waals surface area contributed by atoms with Crippen LogP contribution in [0, 0.1) is 10.1 Å². The van der Waals surface area contributed by atoms with Gasteiger partial charge in [-0.05, 0) is 30.2 Å². The predicted octanol–water partition coefficient (Wildman–Crippen LogP) is 2.45. The summed E-state index contributed by atoms with van der Waals surface area (Å²) in [6.45, 7) is 0.909. The third-order valence-electron chi connectivity index (χ3n) is 3.88. The Bertz CT molecular complexity index is 874. The van der Waals surface area contributed by atoms with Crippen molar-refractivity contribution in [3.8, 4) is 0 Å². The van der Waals surface area contributed by atoms with E-state index in [1.54, 1.807) is 25.3 Å². The van der Waals surface area contributed by atoms with Gasteiger partial charge in [-0.25, -0.2) is 9.78 Å². The predicted molar refractivity (Wildman–Crippen MR) is 102 cm³/mol. The second kappa shape index (κ2) is 10.7. The molecule has 2 rings (SSSR count). The lowest BCUT2D eigenvalue weighted by Crippen LogP contribution is -2.30. The first-order chi connectivity index (χ1) is 13.9. The summed E-state index contributed by atoms with van der Waals surface area (Å²) in [5.74, 6) is -0.743. The zero-order chi connectivity index (χ0) is 21.2. The average Bonchev–Trinajstić information content (AvgIpc) is 3.19. The number of ether oxygens (including phenoxy) is 2. The number of carbonyl (C=O) groups is 2. The summed E-state index contributed by atoms with van der Waals surface area (Å²) in [6.07, 6.45) is 4.69. The van der Waals surface area contributed by atoms with E-state index in [1.165, 1.54) is 36.5 Å². The number of rotatable bonds is 10. The van der Waals surface area contributed by atoms with Gasteiger partial charge in [-0.2, -0.15) is 0 Å². The molecular weight excluding hydrogens is 382 g/mol. The number of carbonyl (C=O) groups excluding carboxylic acids is 2. The molecule has 0 spiro atoms. The number of amides is 1. The molecule has 0 radical (unpaired) electrons. The monoisotopic (exact) mass is 403 g/mol. The maximum absolute atomic E-state index is 12.6. The van der Waals surface area contributed by atoms with E-state index in [4.69, 9.17) is 9.15 Å². The average molecular weight is 403 g/mol. The lowest BCUT2D eigenvalue weighted by molar-refractivity contribution is -0.384. The number of aromatic nitrogens is 1. The first-order valence-corrected chi connectivity index (χ1v) is 8.67. The molecule has 0 N–H and O–H groups in total. The Morgan fingerprint density at radius 1 is 1.28 bits per heavy atom. The lowest BCUT2D eigenvalue weighted by Gasteiger charge is -2.19. The smallest absolute Gasteiger partial charge is 0.360 e. The lowest BCUT2D eigenvalue weighted by atomic mass is 10.2. The topological polar surface area (TPSA) is 125 Å². The highest BCUT2D eigenvalue weighted by Crippen LogP contribution is 2.14. The summed E-state index contributed by atoms with van der Waals surface area (Å²) in [5, 5.41) is 10.7. The van der Waals surface area contributed by atoms with Gasteiger partial charge in [0.25, 0.3) is 5.69 Å². The first kappa shape index (κ1) is 21.8. The molecule has 10 heteroatoms. The summed E-state index contributed by atoms with van der Waals surface area (Å²) >= 11 is 0. The van der Waals surface area contributed by atoms with Crippen LogP contribution in [-0.4, -0.2) is 54.1 Å². The van der Waals surface area contributed by atoms with Gasteiger partial charge in [-0.3, -0.25) is 14.9 Å². The molecule has 0 unspecified atom stereocenters. The molecule has 1 aromatic carbocycles. The second-order valence-corrected chi connectivity index (χ2v) is 5.91. The van der Waals surface area contributed by atoms with Crippen molar-refractivity contribution in [1.29, 1.82) is 0 Å². The van der Waals surface area contributed by atoms with Gasteiger partial charge < -0.3 is 18.8 Å². The molecule has 2 aromatic rings. The number of nitrogens with zero attached hydrogens (tertiary/aromatic N) is 3. The maximum atomic E-state index is 12.6. The largest absolute Gasteiger partial charge is 0.464 e. The Kier molecular flexibility index (Phi) is 8.04. The van der Waals surface area contributed by atoms with Gasteiger partial charge >= 0.3 is 5.97 Å². The molecule has 0 aliphatic carbocycles. The van der Waals surface area contributed by atoms with Crippen LogP contribution in [0.1, 0.15) is 28.4 Å². The number of hydrogen-bond donors (Lipinski definition) is 0. The van der Waals surface area contributed by atoms with Crippen LogP contribution in [0.25, 0.3) is 6.08 Å². The molecule has 0 atom stereocenters. The summed E-state index contributed by atoms with van der Waals surface area (Å²) in [5.41, 5.74) is 0.637. The van der Waals surface area contributed by atoms with E-state index >= 15 is 0 Å². The fourth-order valence-corrected chi connectivity index (χ4v) is 2.39. The number of esters is 1. The zero-order valence-electron chi connectivity index (χ0n) is 16.1. The third-order valence-corrected chi connectivity index (χ3v) is 3.88. The molecule has 1 amide bonds. The Labute approximate surface area is 166 Å². The fourth-order valence-electron chi connectivity index (χ4n) is 2.39. The first-order valence-electron chi connectivity index (χ1n) is 8.67. The van der Waals surface area contributed by atoms with Crippen LogP contribution in [-0.2, 0) is 20.8 Å². The van der Waals surface area contributed by atoms with Gasteiger partial charge in [0.2, 0.25) is 11.8 Å². The van der Waals surface area contributed by atoms with Crippen molar-refractivity contribution in [1.82, 2.24) is 9.88 Å². The molecule has 0 fully saturated rings. The number of hydrogen-bond acceptors (Lipinski definition) is 8. The highest BCUT2D eigenvalue weighted by molar-refractivity contribution is 5.91. The Morgan fingerprint density at radius 3 is 2.62 bits per heavy atom. The van der Waals surface area contributed by atoms with Gasteiger partial charge in [0.15, 0.2) is 5.69 Å². The Morgan fingerprint density at radius 2 is 2.00 bits per heavy atom. The zero-order valence-corrected chi connectivity index (χ0v) is 16.1. The van der Waals surface area contributed by atoms with Gasteiger partial charge in [0, 0.05) is 38.5 Å². The number of nitro groups is 1. The van der Waals surface area contributed by atoms with Crippen LogP contribution in [0.15, 0.2) is 41.0 Å². The highest BCUT2D eigenvalue weighted by atomic mass is 16.6. The van der Waals surface area contributed by atoms with E-state index in [0.29, 0.717) is 25.1 Å². The minimum Gasteiger partial charge on any atom is -0.464 e. The van der Waals surface area contributed by atoms with Crippen molar-refractivity contribution in [2.45, 2.75) is 13.0 Å². The number of benzene rings is 1. The number of methoxy groups -OCH3 is 2. The third kappa shape index (κ3) is 6.54. The Hall–Kier alpha value is -3.53. The molecule has 1 aromatic heterocycles. The molecule has 0 aliphatic rings.